The zero-order valence-electron chi connectivity index (χ0n) is 33.4. The van der Waals surface area contributed by atoms with Gasteiger partial charge in [0.05, 0.1) is 0 Å². The van der Waals surface area contributed by atoms with E-state index in [1.807, 2.05) is 0 Å². The fourth-order valence-electron chi connectivity index (χ4n) is 8.55. The number of halogens is 3. The number of nitrogens with zero attached hydrogens (tertiary/aromatic N) is 1. The van der Waals surface area contributed by atoms with Crippen molar-refractivity contribution in [1.82, 2.24) is 10.6 Å². The van der Waals surface area contributed by atoms with Crippen LogP contribution in [0.4, 0.5) is 5.69 Å². The third-order valence-corrected chi connectivity index (χ3v) is 19.1. The molecular weight excluding hydrogens is 750 g/mol. The minimum absolute atomic E-state index is 0. The van der Waals surface area contributed by atoms with Crippen molar-refractivity contribution in [3.05, 3.63) is 77.9 Å². The Bertz CT molecular complexity index is 1530. The second-order valence-electron chi connectivity index (χ2n) is 16.2. The molecule has 9 heteroatoms. The van der Waals surface area contributed by atoms with E-state index >= 15 is 0 Å². The average molecular weight is 820 g/mol. The van der Waals surface area contributed by atoms with Crippen LogP contribution in [-0.2, 0) is 17.4 Å². The molecule has 2 saturated carbocycles. The van der Waals surface area contributed by atoms with Crippen molar-refractivity contribution in [3.8, 4) is 0 Å². The number of amides is 1. The van der Waals surface area contributed by atoms with E-state index in [0.717, 1.165) is 49.1 Å². The summed E-state index contributed by atoms with van der Waals surface area (Å²) in [5.74, 6) is -1.70. The molecular formula is C45H70Cl3N4OP. The zero-order chi connectivity index (χ0) is 36.7. The first-order valence-corrected chi connectivity index (χ1v) is 24.9. The summed E-state index contributed by atoms with van der Waals surface area (Å²) >= 11 is 7.97. The van der Waals surface area contributed by atoms with Gasteiger partial charge in [0.15, 0.2) is 0 Å². The van der Waals surface area contributed by atoms with Gasteiger partial charge in [0.2, 0.25) is 0 Å². The number of anilines is 1. The number of aliphatic imine (C=N–C) groups is 1. The Morgan fingerprint density at radius 1 is 0.704 bits per heavy atom. The van der Waals surface area contributed by atoms with Gasteiger partial charge in [-0.2, -0.15) is 0 Å². The number of guanidine groups is 1. The molecule has 0 radical (unpaired) electrons. The summed E-state index contributed by atoms with van der Waals surface area (Å²) in [4.78, 5) is 19.6. The Kier molecular flexibility index (Phi) is 20.0. The number of carbonyl (C=O) groups is 1. The fourth-order valence-corrected chi connectivity index (χ4v) is 15.6. The van der Waals surface area contributed by atoms with Crippen molar-refractivity contribution in [2.45, 2.75) is 154 Å². The Labute approximate surface area is 345 Å². The van der Waals surface area contributed by atoms with E-state index in [1.165, 1.54) is 112 Å². The second-order valence-corrected chi connectivity index (χ2v) is 24.4. The van der Waals surface area contributed by atoms with Crippen LogP contribution in [-0.4, -0.2) is 48.5 Å². The van der Waals surface area contributed by atoms with Gasteiger partial charge >= 0.3 is 228 Å². The van der Waals surface area contributed by atoms with Crippen LogP contribution in [0.5, 0.6) is 0 Å². The van der Waals surface area contributed by atoms with Gasteiger partial charge in [0, 0.05) is 0 Å². The molecule has 5 rings (SSSR count). The van der Waals surface area contributed by atoms with Gasteiger partial charge < -0.3 is 0 Å². The number of fused-ring (bicyclic) bond motifs is 1. The average Bonchev–Trinajstić information content (AvgIpc) is 3.17. The molecule has 3 aromatic rings. The summed E-state index contributed by atoms with van der Waals surface area (Å²) in [6, 6.07) is 23.8. The first-order chi connectivity index (χ1) is 25.3. The van der Waals surface area contributed by atoms with E-state index in [9.17, 15) is 4.79 Å². The molecule has 3 aromatic carbocycles. The van der Waals surface area contributed by atoms with E-state index in [-0.39, 0.29) is 30.7 Å². The molecule has 0 heterocycles. The number of rotatable bonds is 18. The van der Waals surface area contributed by atoms with Gasteiger partial charge in [0.1, 0.15) is 0 Å². The second kappa shape index (κ2) is 23.3. The maximum Gasteiger partial charge on any atom is -0.147 e. The Hall–Kier alpha value is -2.04. The van der Waals surface area contributed by atoms with Crippen molar-refractivity contribution < 1.29 is 4.79 Å². The van der Waals surface area contributed by atoms with E-state index in [2.05, 4.69) is 103 Å². The molecule has 54 heavy (non-hydrogen) atoms. The number of unbranched alkanes of at least 4 members (excludes halogenated alkanes) is 3. The van der Waals surface area contributed by atoms with Gasteiger partial charge in [-0.05, 0) is 31.1 Å². The summed E-state index contributed by atoms with van der Waals surface area (Å²) in [7, 11) is 0. The number of carbonyl (C=O) groups excluding carboxylic acids is 1. The maximum absolute atomic E-state index is 14.3. The minimum Gasteiger partial charge on any atom is -0.147 e. The third-order valence-electron chi connectivity index (χ3n) is 11.7. The Morgan fingerprint density at radius 3 is 1.72 bits per heavy atom. The molecule has 1 atom stereocenters. The van der Waals surface area contributed by atoms with Crippen molar-refractivity contribution in [3.63, 3.8) is 0 Å². The van der Waals surface area contributed by atoms with Crippen LogP contribution in [0.15, 0.2) is 71.7 Å². The molecule has 0 aliphatic heterocycles. The van der Waals surface area contributed by atoms with Crippen molar-refractivity contribution in [2.24, 2.45) is 4.99 Å². The Balaban J connectivity index is 0.00000392. The van der Waals surface area contributed by atoms with Crippen LogP contribution < -0.4 is 16.0 Å². The number of benzene rings is 3. The topological polar surface area (TPSA) is 65.5 Å². The predicted molar refractivity (Wildman–Crippen MR) is 244 cm³/mol. The molecule has 0 unspecified atom stereocenters. The van der Waals surface area contributed by atoms with E-state index in [1.54, 1.807) is 0 Å². The largest absolute Gasteiger partial charge is 0.147 e. The van der Waals surface area contributed by atoms with Crippen LogP contribution in [0.3, 0.4) is 0 Å². The van der Waals surface area contributed by atoms with Crippen LogP contribution in [0.2, 0.25) is 0 Å². The molecule has 0 spiro atoms. The molecule has 0 aromatic heterocycles. The monoisotopic (exact) mass is 818 g/mol. The summed E-state index contributed by atoms with van der Waals surface area (Å²) in [6.45, 7) is 6.86. The van der Waals surface area contributed by atoms with Gasteiger partial charge in [-0.15, -0.1) is 24.8 Å². The van der Waals surface area contributed by atoms with E-state index in [4.69, 9.17) is 16.2 Å². The normalized spacial score (nSPS) is 16.6. The van der Waals surface area contributed by atoms with Crippen LogP contribution >= 0.6 is 42.0 Å². The SMILES string of the molecule is CCCCP(Cl)(CCCC)(CCCC)Cc1ccc(NC(=O)[C@H](Cc2ccc3ccccc3c2)N=C(NC2CCCCC2)NC2CCCCC2)cc1.Cl.Cl. The molecule has 2 aliphatic carbocycles. The summed E-state index contributed by atoms with van der Waals surface area (Å²) < 4.78 is 0. The quantitative estimate of drug-likeness (QED) is 0.0680. The molecule has 0 saturated heterocycles. The minimum atomic E-state index is -2.43. The summed E-state index contributed by atoms with van der Waals surface area (Å²) in [5, 5.41) is 13.3. The van der Waals surface area contributed by atoms with Crippen LogP contribution in [0, 0.1) is 0 Å². The molecule has 0 bridgehead atoms. The number of nitrogens with one attached hydrogen (secondary N) is 3. The van der Waals surface area contributed by atoms with Crippen molar-refractivity contribution >= 4 is 70.3 Å². The van der Waals surface area contributed by atoms with Gasteiger partial charge in [-0.3, -0.25) is 0 Å². The van der Waals surface area contributed by atoms with Crippen molar-refractivity contribution in [1.29, 1.82) is 0 Å². The fraction of sp³-hybridized carbons (Fsp3) is 0.600. The molecule has 302 valence electrons. The zero-order valence-corrected chi connectivity index (χ0v) is 36.7. The van der Waals surface area contributed by atoms with Crippen molar-refractivity contribution in [2.75, 3.05) is 23.8 Å². The Morgan fingerprint density at radius 2 is 1.20 bits per heavy atom. The molecule has 5 nitrogen and oxygen atoms in total. The van der Waals surface area contributed by atoms with Crippen LogP contribution in [0.1, 0.15) is 135 Å². The molecule has 3 N–H and O–H groups in total. The summed E-state index contributed by atoms with van der Waals surface area (Å²) in [6.07, 6.45) is 24.4. The third kappa shape index (κ3) is 14.2. The maximum atomic E-state index is 14.3. The molecule has 2 aliphatic rings. The van der Waals surface area contributed by atoms with Gasteiger partial charge in [-0.1, -0.05) is 62.8 Å². The first kappa shape index (κ1) is 46.3. The van der Waals surface area contributed by atoms with E-state index < -0.39 is 12.0 Å². The van der Waals surface area contributed by atoms with E-state index in [0.29, 0.717) is 18.5 Å². The van der Waals surface area contributed by atoms with Gasteiger partial charge in [0.25, 0.3) is 0 Å². The number of hydrogen-bond donors (Lipinski definition) is 3. The first-order valence-electron chi connectivity index (χ1n) is 21.0. The molecule has 1 amide bonds. The summed E-state index contributed by atoms with van der Waals surface area (Å²) in [5.41, 5.74) is 3.24. The smallest absolute Gasteiger partial charge is 0.147 e. The van der Waals surface area contributed by atoms with Gasteiger partial charge in [-0.25, -0.2) is 0 Å². The van der Waals surface area contributed by atoms with Crippen LogP contribution in [0.25, 0.3) is 10.8 Å². The predicted octanol–water partition coefficient (Wildman–Crippen LogP) is 13.0. The number of hydrogen-bond acceptors (Lipinski definition) is 2. The standard InChI is InChI=1S/C45H68ClN4OP.2ClH/c1-4-7-30-52(46,31-8-5-2,32-9-6-3)35-36-25-28-42(29-26-36)47-44(51)43(34-37-24-27-38-18-16-17-19-39(38)33-37)50-45(48-40-20-12-10-13-21-40)49-41-22-14-11-15-23-41;;/h16-19,24-29,33,40-41,43H,4-15,20-23,30-32,34-35H2,1-3H3,(H,47,51)(H2,48,49,50);2*1H/t43-;;/m0../s1. The molecule has 2 fully saturated rings.